The maximum absolute atomic E-state index is 14.0. The fraction of sp³-hybridized carbons (Fsp3) is 0.357. The van der Waals surface area contributed by atoms with Crippen molar-refractivity contribution in [1.29, 1.82) is 0 Å². The van der Waals surface area contributed by atoms with Crippen LogP contribution in [0.1, 0.15) is 29.9 Å². The van der Waals surface area contributed by atoms with E-state index in [1.807, 2.05) is 0 Å². The van der Waals surface area contributed by atoms with Crippen LogP contribution in [0.3, 0.4) is 0 Å². The van der Waals surface area contributed by atoms with Gasteiger partial charge in [0.05, 0.1) is 22.4 Å². The third kappa shape index (κ3) is 3.23. The standard InChI is InChI=1S/C28H23Cl2N3O7/c1-13-10-14(6-9-20(13)34)22-17-7-8-18-21(19(17)12-27(29)25(37)31(2)26(38)28(22,27)30)24(36)32(23(18)35)15-4-3-5-16(11-15)33(39)40/h3-7,9-11,18-19,21-22,34H,8,12H2,1-2H3/t18-,19+,21-,22-,27+,28-/m0/s1. The first kappa shape index (κ1) is 26.5. The molecule has 0 bridgehead atoms. The molecule has 12 heteroatoms. The van der Waals surface area contributed by atoms with Crippen LogP contribution < -0.4 is 4.90 Å². The van der Waals surface area contributed by atoms with E-state index in [0.717, 1.165) is 9.80 Å². The molecule has 2 aromatic carbocycles. The molecule has 206 valence electrons. The number of aromatic hydroxyl groups is 1. The second kappa shape index (κ2) is 8.62. The fourth-order valence-electron chi connectivity index (χ4n) is 6.98. The molecule has 2 aliphatic carbocycles. The zero-order chi connectivity index (χ0) is 28.9. The topological polar surface area (TPSA) is 138 Å². The van der Waals surface area contributed by atoms with Crippen molar-refractivity contribution in [2.45, 2.75) is 35.4 Å². The van der Waals surface area contributed by atoms with Gasteiger partial charge in [0.15, 0.2) is 9.75 Å². The number of hydrogen-bond acceptors (Lipinski definition) is 7. The van der Waals surface area contributed by atoms with Crippen molar-refractivity contribution in [3.05, 3.63) is 75.4 Å². The maximum Gasteiger partial charge on any atom is 0.271 e. The molecule has 2 aliphatic heterocycles. The summed E-state index contributed by atoms with van der Waals surface area (Å²) in [5.74, 6) is -5.73. The third-order valence-corrected chi connectivity index (χ3v) is 10.3. The summed E-state index contributed by atoms with van der Waals surface area (Å²) < 4.78 is 0. The van der Waals surface area contributed by atoms with Crippen molar-refractivity contribution in [3.8, 4) is 5.75 Å². The van der Waals surface area contributed by atoms with Gasteiger partial charge in [0.2, 0.25) is 11.8 Å². The number of alkyl halides is 2. The predicted octanol–water partition coefficient (Wildman–Crippen LogP) is 3.80. The van der Waals surface area contributed by atoms with Crippen LogP contribution in [0.25, 0.3) is 0 Å². The van der Waals surface area contributed by atoms with Gasteiger partial charge in [0.25, 0.3) is 17.5 Å². The van der Waals surface area contributed by atoms with Crippen molar-refractivity contribution in [3.63, 3.8) is 0 Å². The van der Waals surface area contributed by atoms with E-state index in [4.69, 9.17) is 23.2 Å². The molecule has 0 radical (unpaired) electrons. The number of imide groups is 2. The molecule has 6 atom stereocenters. The molecular formula is C28H23Cl2N3O7. The largest absolute Gasteiger partial charge is 0.508 e. The number of nitro groups is 1. The van der Waals surface area contributed by atoms with Crippen LogP contribution in [0, 0.1) is 34.8 Å². The van der Waals surface area contributed by atoms with Gasteiger partial charge in [-0.1, -0.05) is 29.8 Å². The number of hydrogen-bond donors (Lipinski definition) is 1. The Kier molecular flexibility index (Phi) is 5.70. The summed E-state index contributed by atoms with van der Waals surface area (Å²) in [4.78, 5) is 63.4. The number of nitro benzene ring substituents is 1. The van der Waals surface area contributed by atoms with Gasteiger partial charge in [-0.25, -0.2) is 4.90 Å². The lowest BCUT2D eigenvalue weighted by molar-refractivity contribution is -0.384. The van der Waals surface area contributed by atoms with Crippen LogP contribution in [0.4, 0.5) is 11.4 Å². The Morgan fingerprint density at radius 3 is 2.42 bits per heavy atom. The van der Waals surface area contributed by atoms with Gasteiger partial charge >= 0.3 is 0 Å². The molecule has 6 rings (SSSR count). The van der Waals surface area contributed by atoms with E-state index in [0.29, 0.717) is 16.7 Å². The smallest absolute Gasteiger partial charge is 0.271 e. The highest BCUT2D eigenvalue weighted by atomic mass is 35.5. The van der Waals surface area contributed by atoms with Crippen LogP contribution in [0.2, 0.25) is 0 Å². The molecule has 0 unspecified atom stereocenters. The number of benzene rings is 2. The van der Waals surface area contributed by atoms with Gasteiger partial charge in [0, 0.05) is 25.1 Å². The summed E-state index contributed by atoms with van der Waals surface area (Å²) in [6.07, 6.45) is 1.81. The number of phenolic OH excluding ortho intramolecular Hbond substituents is 1. The average Bonchev–Trinajstić information content (AvgIpc) is 3.25. The Bertz CT molecular complexity index is 1590. The lowest BCUT2D eigenvalue weighted by Crippen LogP contribution is -2.60. The van der Waals surface area contributed by atoms with E-state index in [1.165, 1.54) is 37.4 Å². The first-order valence-electron chi connectivity index (χ1n) is 12.6. The average molecular weight is 584 g/mol. The Labute approximate surface area is 238 Å². The number of fused-ring (bicyclic) bond motifs is 4. The molecule has 0 aromatic heterocycles. The van der Waals surface area contributed by atoms with E-state index < -0.39 is 62.0 Å². The number of halogens is 2. The Morgan fingerprint density at radius 1 is 1.02 bits per heavy atom. The number of nitrogens with zero attached hydrogens (tertiary/aromatic N) is 3. The van der Waals surface area contributed by atoms with E-state index in [2.05, 4.69) is 0 Å². The zero-order valence-corrected chi connectivity index (χ0v) is 22.8. The molecule has 40 heavy (non-hydrogen) atoms. The number of aryl methyl sites for hydroxylation is 1. The predicted molar refractivity (Wildman–Crippen MR) is 144 cm³/mol. The van der Waals surface area contributed by atoms with E-state index in [1.54, 1.807) is 25.1 Å². The van der Waals surface area contributed by atoms with Crippen molar-refractivity contribution >= 4 is 58.2 Å². The number of likely N-dealkylation sites (tertiary alicyclic amines) is 1. The molecular weight excluding hydrogens is 561 g/mol. The third-order valence-electron chi connectivity index (χ3n) is 8.87. The van der Waals surface area contributed by atoms with Gasteiger partial charge in [-0.15, -0.1) is 23.2 Å². The van der Waals surface area contributed by atoms with Gasteiger partial charge in [0.1, 0.15) is 5.75 Å². The molecule has 1 N–H and O–H groups in total. The van der Waals surface area contributed by atoms with E-state index in [-0.39, 0.29) is 30.0 Å². The zero-order valence-electron chi connectivity index (χ0n) is 21.3. The molecule has 3 fully saturated rings. The molecule has 2 aromatic rings. The summed E-state index contributed by atoms with van der Waals surface area (Å²) in [5.41, 5.74) is 1.49. The van der Waals surface area contributed by atoms with Gasteiger partial charge in [-0.2, -0.15) is 0 Å². The summed E-state index contributed by atoms with van der Waals surface area (Å²) >= 11 is 14.2. The highest BCUT2D eigenvalue weighted by Gasteiger charge is 2.75. The number of allylic oxidation sites excluding steroid dienone is 2. The minimum atomic E-state index is -1.91. The lowest BCUT2D eigenvalue weighted by atomic mass is 9.56. The van der Waals surface area contributed by atoms with Crippen LogP contribution >= 0.6 is 23.2 Å². The van der Waals surface area contributed by atoms with Crippen molar-refractivity contribution in [2.75, 3.05) is 11.9 Å². The van der Waals surface area contributed by atoms with Crippen LogP contribution in [0.5, 0.6) is 5.75 Å². The van der Waals surface area contributed by atoms with E-state index >= 15 is 0 Å². The summed E-state index contributed by atoms with van der Waals surface area (Å²) in [6, 6.07) is 10.0. The molecule has 4 amide bonds. The van der Waals surface area contributed by atoms with E-state index in [9.17, 15) is 34.4 Å². The van der Waals surface area contributed by atoms with Gasteiger partial charge in [-0.05, 0) is 48.9 Å². The lowest BCUT2D eigenvalue weighted by Gasteiger charge is -2.50. The van der Waals surface area contributed by atoms with Crippen molar-refractivity contribution in [1.82, 2.24) is 4.90 Å². The number of non-ortho nitro benzene ring substituents is 1. The Hall–Kier alpha value is -3.76. The second-order valence-corrected chi connectivity index (χ2v) is 12.1. The molecule has 10 nitrogen and oxygen atoms in total. The minimum Gasteiger partial charge on any atom is -0.508 e. The number of phenols is 1. The molecule has 0 spiro atoms. The number of anilines is 1. The maximum atomic E-state index is 14.0. The monoisotopic (exact) mass is 583 g/mol. The highest BCUT2D eigenvalue weighted by Crippen LogP contribution is 2.65. The van der Waals surface area contributed by atoms with Crippen LogP contribution in [-0.4, -0.2) is 55.4 Å². The summed E-state index contributed by atoms with van der Waals surface area (Å²) in [7, 11) is 1.31. The second-order valence-electron chi connectivity index (χ2n) is 10.8. The summed E-state index contributed by atoms with van der Waals surface area (Å²) in [5, 5.41) is 21.5. The first-order chi connectivity index (χ1) is 18.8. The van der Waals surface area contributed by atoms with Gasteiger partial charge in [-0.3, -0.25) is 34.2 Å². The molecule has 2 heterocycles. The highest BCUT2D eigenvalue weighted by molar-refractivity contribution is 6.53. The van der Waals surface area contributed by atoms with Crippen molar-refractivity contribution in [2.24, 2.45) is 17.8 Å². The SMILES string of the molecule is Cc1cc([C@H]2C3=CC[C@@H]4C(=O)N(c5cccc([N+](=O)[O-])c5)C(=O)[C@@H]4[C@@H]3C[C@@]3(Cl)C(=O)N(C)C(=O)[C@@]23Cl)ccc1O. The molecule has 2 saturated heterocycles. The number of rotatable bonds is 3. The van der Waals surface area contributed by atoms with Gasteiger partial charge < -0.3 is 5.11 Å². The normalized spacial score (nSPS) is 33.0. The van der Waals surface area contributed by atoms with Crippen LogP contribution in [-0.2, 0) is 19.2 Å². The quantitative estimate of drug-likeness (QED) is 0.190. The Balaban J connectivity index is 1.50. The summed E-state index contributed by atoms with van der Waals surface area (Å²) in [6.45, 7) is 1.68. The molecule has 1 saturated carbocycles. The fourth-order valence-corrected chi connectivity index (χ4v) is 8.00. The number of carbonyl (C=O) groups excluding carboxylic acids is 4. The van der Waals surface area contributed by atoms with Crippen molar-refractivity contribution < 1.29 is 29.2 Å². The number of amides is 4. The first-order valence-corrected chi connectivity index (χ1v) is 13.4. The minimum absolute atomic E-state index is 0.0321. The molecule has 4 aliphatic rings. The number of carbonyl (C=O) groups is 4. The van der Waals surface area contributed by atoms with Crippen LogP contribution in [0.15, 0.2) is 54.1 Å². The Morgan fingerprint density at radius 2 is 1.75 bits per heavy atom.